The van der Waals surface area contributed by atoms with Crippen molar-refractivity contribution in [3.05, 3.63) is 36.0 Å². The van der Waals surface area contributed by atoms with Gasteiger partial charge in [-0.1, -0.05) is 0 Å². The number of aromatic amines is 1. The molecular weight excluding hydrogens is 237 g/mol. The minimum absolute atomic E-state index is 0.0670. The number of anilines is 2. The maximum absolute atomic E-state index is 13.9. The highest BCUT2D eigenvalue weighted by Gasteiger charge is 2.16. The van der Waals surface area contributed by atoms with Crippen molar-refractivity contribution in [2.75, 3.05) is 17.2 Å². The Hall–Kier alpha value is -2.44. The van der Waals surface area contributed by atoms with Gasteiger partial charge in [-0.3, -0.25) is 9.89 Å². The third kappa shape index (κ3) is 2.45. The molecule has 6 nitrogen and oxygen atoms in total. The second kappa shape index (κ2) is 5.26. The van der Waals surface area contributed by atoms with Crippen LogP contribution in [-0.2, 0) is 0 Å². The summed E-state index contributed by atoms with van der Waals surface area (Å²) in [6.45, 7) is 2.34. The van der Waals surface area contributed by atoms with Crippen molar-refractivity contribution in [1.29, 1.82) is 0 Å². The molecule has 2 aromatic rings. The lowest BCUT2D eigenvalue weighted by molar-refractivity contribution is 0.102. The number of nitrogens with zero attached hydrogens (tertiary/aromatic N) is 2. The molecule has 94 valence electrons. The maximum atomic E-state index is 13.9. The standard InChI is InChI=1S/C11H12FN5O/c1-2-13-10-9(12)8(3-4-14-10)11(18)17-7-5-15-16-6-7/h3-6H,2H2,1H3,(H,13,14)(H,15,16)(H,17,18). The van der Waals surface area contributed by atoms with Crippen molar-refractivity contribution in [2.45, 2.75) is 6.92 Å². The van der Waals surface area contributed by atoms with Gasteiger partial charge in [-0.05, 0) is 13.0 Å². The summed E-state index contributed by atoms with van der Waals surface area (Å²) in [5, 5.41) is 11.5. The fourth-order valence-corrected chi connectivity index (χ4v) is 1.43. The number of halogens is 1. The Morgan fingerprint density at radius 3 is 3.06 bits per heavy atom. The van der Waals surface area contributed by atoms with Crippen LogP contribution in [0.5, 0.6) is 0 Å². The first-order valence-corrected chi connectivity index (χ1v) is 5.41. The average Bonchev–Trinajstić information content (AvgIpc) is 2.85. The quantitative estimate of drug-likeness (QED) is 0.769. The summed E-state index contributed by atoms with van der Waals surface area (Å²) in [7, 11) is 0. The molecule has 7 heteroatoms. The summed E-state index contributed by atoms with van der Waals surface area (Å²) in [6, 6.07) is 1.32. The van der Waals surface area contributed by atoms with Crippen molar-refractivity contribution in [1.82, 2.24) is 15.2 Å². The van der Waals surface area contributed by atoms with Gasteiger partial charge in [-0.2, -0.15) is 5.10 Å². The van der Waals surface area contributed by atoms with Crippen LogP contribution in [0.1, 0.15) is 17.3 Å². The normalized spacial score (nSPS) is 10.1. The molecule has 2 rings (SSSR count). The van der Waals surface area contributed by atoms with Crippen molar-refractivity contribution in [3.8, 4) is 0 Å². The molecule has 2 aromatic heterocycles. The number of rotatable bonds is 4. The van der Waals surface area contributed by atoms with E-state index in [4.69, 9.17) is 0 Å². The van der Waals surface area contributed by atoms with E-state index >= 15 is 0 Å². The van der Waals surface area contributed by atoms with E-state index < -0.39 is 11.7 Å². The fourth-order valence-electron chi connectivity index (χ4n) is 1.43. The zero-order valence-corrected chi connectivity index (χ0v) is 9.70. The lowest BCUT2D eigenvalue weighted by Gasteiger charge is -2.07. The van der Waals surface area contributed by atoms with Crippen LogP contribution in [0.15, 0.2) is 24.7 Å². The van der Waals surface area contributed by atoms with E-state index in [-0.39, 0.29) is 11.4 Å². The number of hydrogen-bond donors (Lipinski definition) is 3. The fraction of sp³-hybridized carbons (Fsp3) is 0.182. The van der Waals surface area contributed by atoms with Crippen LogP contribution in [0.4, 0.5) is 15.9 Å². The molecule has 0 atom stereocenters. The molecule has 0 saturated heterocycles. The maximum Gasteiger partial charge on any atom is 0.258 e. The molecule has 0 radical (unpaired) electrons. The van der Waals surface area contributed by atoms with E-state index in [2.05, 4.69) is 25.8 Å². The monoisotopic (exact) mass is 249 g/mol. The number of nitrogens with one attached hydrogen (secondary N) is 3. The number of hydrogen-bond acceptors (Lipinski definition) is 4. The number of amides is 1. The van der Waals surface area contributed by atoms with Crippen molar-refractivity contribution in [3.63, 3.8) is 0 Å². The van der Waals surface area contributed by atoms with Crippen molar-refractivity contribution in [2.24, 2.45) is 0 Å². The third-order valence-electron chi connectivity index (χ3n) is 2.23. The first kappa shape index (κ1) is 12.0. The van der Waals surface area contributed by atoms with Gasteiger partial charge < -0.3 is 10.6 Å². The summed E-state index contributed by atoms with van der Waals surface area (Å²) in [6.07, 6.45) is 4.32. The highest BCUT2D eigenvalue weighted by Crippen LogP contribution is 2.16. The SMILES string of the molecule is CCNc1nccc(C(=O)Nc2cn[nH]c2)c1F. The minimum Gasteiger partial charge on any atom is -0.368 e. The van der Waals surface area contributed by atoms with Crippen LogP contribution in [0.25, 0.3) is 0 Å². The van der Waals surface area contributed by atoms with E-state index in [1.165, 1.54) is 24.7 Å². The van der Waals surface area contributed by atoms with Gasteiger partial charge in [0.25, 0.3) is 5.91 Å². The molecule has 0 aliphatic carbocycles. The summed E-state index contributed by atoms with van der Waals surface area (Å²) < 4.78 is 13.9. The van der Waals surface area contributed by atoms with Crippen molar-refractivity contribution >= 4 is 17.4 Å². The summed E-state index contributed by atoms with van der Waals surface area (Å²) >= 11 is 0. The number of H-pyrrole nitrogens is 1. The molecule has 1 amide bonds. The summed E-state index contributed by atoms with van der Waals surface area (Å²) in [5.74, 6) is -1.15. The number of aromatic nitrogens is 3. The summed E-state index contributed by atoms with van der Waals surface area (Å²) in [5.41, 5.74) is 0.406. The van der Waals surface area contributed by atoms with Gasteiger partial charge in [0.2, 0.25) is 0 Å². The number of carbonyl (C=O) groups is 1. The van der Waals surface area contributed by atoms with Gasteiger partial charge in [-0.25, -0.2) is 9.37 Å². The smallest absolute Gasteiger partial charge is 0.258 e. The van der Waals surface area contributed by atoms with Gasteiger partial charge in [-0.15, -0.1) is 0 Å². The van der Waals surface area contributed by atoms with Gasteiger partial charge >= 0.3 is 0 Å². The molecule has 0 fully saturated rings. The molecule has 0 spiro atoms. The van der Waals surface area contributed by atoms with E-state index in [0.29, 0.717) is 12.2 Å². The zero-order chi connectivity index (χ0) is 13.0. The molecule has 0 aromatic carbocycles. The highest BCUT2D eigenvalue weighted by atomic mass is 19.1. The third-order valence-corrected chi connectivity index (χ3v) is 2.23. The first-order valence-electron chi connectivity index (χ1n) is 5.41. The Morgan fingerprint density at radius 1 is 1.56 bits per heavy atom. The molecule has 0 saturated carbocycles. The van der Waals surface area contributed by atoms with Crippen LogP contribution in [-0.4, -0.2) is 27.6 Å². The van der Waals surface area contributed by atoms with Crippen LogP contribution < -0.4 is 10.6 Å². The topological polar surface area (TPSA) is 82.7 Å². The molecule has 0 bridgehead atoms. The van der Waals surface area contributed by atoms with E-state index in [1.54, 1.807) is 0 Å². The van der Waals surface area contributed by atoms with Crippen LogP contribution in [0.3, 0.4) is 0 Å². The lowest BCUT2D eigenvalue weighted by Crippen LogP contribution is -2.15. The number of pyridine rings is 1. The van der Waals surface area contributed by atoms with Gasteiger partial charge in [0, 0.05) is 18.9 Å². The average molecular weight is 249 g/mol. The van der Waals surface area contributed by atoms with E-state index in [9.17, 15) is 9.18 Å². The van der Waals surface area contributed by atoms with Gasteiger partial charge in [0.15, 0.2) is 11.6 Å². The predicted octanol–water partition coefficient (Wildman–Crippen LogP) is 1.63. The molecular formula is C11H12FN5O. The first-order chi connectivity index (χ1) is 8.72. The zero-order valence-electron chi connectivity index (χ0n) is 9.70. The van der Waals surface area contributed by atoms with Crippen LogP contribution in [0, 0.1) is 5.82 Å². The molecule has 0 unspecified atom stereocenters. The summed E-state index contributed by atoms with van der Waals surface area (Å²) in [4.78, 5) is 15.7. The second-order valence-corrected chi connectivity index (χ2v) is 3.49. The molecule has 0 aliphatic rings. The van der Waals surface area contributed by atoms with Gasteiger partial charge in [0.1, 0.15) is 0 Å². The van der Waals surface area contributed by atoms with Crippen LogP contribution in [0.2, 0.25) is 0 Å². The van der Waals surface area contributed by atoms with Crippen LogP contribution >= 0.6 is 0 Å². The molecule has 2 heterocycles. The highest BCUT2D eigenvalue weighted by molar-refractivity contribution is 6.04. The number of carbonyl (C=O) groups excluding carboxylic acids is 1. The largest absolute Gasteiger partial charge is 0.368 e. The van der Waals surface area contributed by atoms with Gasteiger partial charge in [0.05, 0.1) is 17.4 Å². The Bertz CT molecular complexity index is 540. The molecule has 18 heavy (non-hydrogen) atoms. The minimum atomic E-state index is -0.666. The molecule has 0 aliphatic heterocycles. The van der Waals surface area contributed by atoms with E-state index in [1.807, 2.05) is 6.92 Å². The second-order valence-electron chi connectivity index (χ2n) is 3.49. The lowest BCUT2D eigenvalue weighted by atomic mass is 10.2. The Labute approximate surface area is 103 Å². The Kier molecular flexibility index (Phi) is 3.52. The Morgan fingerprint density at radius 2 is 2.39 bits per heavy atom. The van der Waals surface area contributed by atoms with Crippen molar-refractivity contribution < 1.29 is 9.18 Å². The molecule has 3 N–H and O–H groups in total. The van der Waals surface area contributed by atoms with E-state index in [0.717, 1.165) is 0 Å². The predicted molar refractivity (Wildman–Crippen MR) is 64.9 cm³/mol. The Balaban J connectivity index is 2.22.